The molecule has 0 fully saturated rings. The van der Waals surface area contributed by atoms with Crippen LogP contribution in [-0.4, -0.2) is 17.1 Å². The smallest absolute Gasteiger partial charge is 0.232 e. The largest absolute Gasteiger partial charge is 0.497 e. The monoisotopic (exact) mass is 345 g/mol. The molecular formula is C21H19N3O2. The highest BCUT2D eigenvalue weighted by Crippen LogP contribution is 2.37. The minimum absolute atomic E-state index is 0.426. The maximum atomic E-state index is 6.14. The number of anilines is 1. The summed E-state index contributed by atoms with van der Waals surface area (Å²) in [6.07, 6.45) is 3.05. The summed E-state index contributed by atoms with van der Waals surface area (Å²) in [6.45, 7) is 0. The van der Waals surface area contributed by atoms with Crippen LogP contribution in [0.1, 0.15) is 11.3 Å². The Labute approximate surface area is 151 Å². The SMILES string of the molecule is COc1ccc(-c2c(CCc3ccccc3)oc3ncnc(N)c23)cc1. The number of nitrogens with zero attached hydrogens (tertiary/aromatic N) is 2. The first-order chi connectivity index (χ1) is 12.8. The van der Waals surface area contributed by atoms with E-state index in [4.69, 9.17) is 14.9 Å². The third-order valence-electron chi connectivity index (χ3n) is 4.45. The second-order valence-corrected chi connectivity index (χ2v) is 6.05. The zero-order valence-electron chi connectivity index (χ0n) is 14.5. The van der Waals surface area contributed by atoms with Crippen LogP contribution < -0.4 is 10.5 Å². The van der Waals surface area contributed by atoms with Crippen molar-refractivity contribution in [2.24, 2.45) is 0 Å². The highest BCUT2D eigenvalue weighted by Gasteiger charge is 2.19. The summed E-state index contributed by atoms with van der Waals surface area (Å²) < 4.78 is 11.3. The Morgan fingerprint density at radius 1 is 0.962 bits per heavy atom. The lowest BCUT2D eigenvalue weighted by atomic mass is 9.99. The van der Waals surface area contributed by atoms with Crippen molar-refractivity contribution >= 4 is 16.9 Å². The molecule has 2 aromatic heterocycles. The number of nitrogens with two attached hydrogens (primary N) is 1. The van der Waals surface area contributed by atoms with E-state index in [2.05, 4.69) is 22.1 Å². The lowest BCUT2D eigenvalue weighted by Gasteiger charge is -2.06. The van der Waals surface area contributed by atoms with Gasteiger partial charge in [-0.05, 0) is 29.7 Å². The van der Waals surface area contributed by atoms with Crippen LogP contribution in [0, 0.1) is 0 Å². The molecule has 4 rings (SSSR count). The van der Waals surface area contributed by atoms with Gasteiger partial charge in [-0.2, -0.15) is 0 Å². The zero-order valence-corrected chi connectivity index (χ0v) is 14.5. The van der Waals surface area contributed by atoms with E-state index in [9.17, 15) is 0 Å². The predicted molar refractivity (Wildman–Crippen MR) is 102 cm³/mol. The van der Waals surface area contributed by atoms with E-state index in [1.54, 1.807) is 7.11 Å². The van der Waals surface area contributed by atoms with Gasteiger partial charge in [0, 0.05) is 12.0 Å². The Hall–Kier alpha value is -3.34. The summed E-state index contributed by atoms with van der Waals surface area (Å²) in [5.41, 5.74) is 9.88. The summed E-state index contributed by atoms with van der Waals surface area (Å²) >= 11 is 0. The van der Waals surface area contributed by atoms with Crippen molar-refractivity contribution in [3.05, 3.63) is 72.2 Å². The Balaban J connectivity index is 1.79. The number of aromatic nitrogens is 2. The van der Waals surface area contributed by atoms with Crippen LogP contribution in [0.25, 0.3) is 22.2 Å². The van der Waals surface area contributed by atoms with Gasteiger partial charge in [-0.25, -0.2) is 9.97 Å². The average molecular weight is 345 g/mol. The number of aryl methyl sites for hydroxylation is 2. The Bertz CT molecular complexity index is 1020. The van der Waals surface area contributed by atoms with Gasteiger partial charge in [0.1, 0.15) is 23.7 Å². The van der Waals surface area contributed by atoms with Gasteiger partial charge >= 0.3 is 0 Å². The predicted octanol–water partition coefficient (Wildman–Crippen LogP) is 4.27. The standard InChI is InChI=1S/C21H19N3O2/c1-25-16-10-8-15(9-11-16)18-17(12-7-14-5-3-2-4-6-14)26-21-19(18)20(22)23-13-24-21/h2-6,8-11,13H,7,12H2,1H3,(H2,22,23,24). The van der Waals surface area contributed by atoms with Gasteiger partial charge in [0.05, 0.1) is 12.5 Å². The lowest BCUT2D eigenvalue weighted by molar-refractivity contribution is 0.415. The molecule has 0 aliphatic rings. The maximum absolute atomic E-state index is 6.14. The number of ether oxygens (including phenoxy) is 1. The molecule has 0 aliphatic carbocycles. The molecule has 0 saturated heterocycles. The van der Waals surface area contributed by atoms with E-state index in [1.807, 2.05) is 42.5 Å². The first-order valence-electron chi connectivity index (χ1n) is 8.46. The Morgan fingerprint density at radius 3 is 2.46 bits per heavy atom. The molecule has 2 aromatic carbocycles. The molecule has 0 saturated carbocycles. The molecule has 2 N–H and O–H groups in total. The molecular weight excluding hydrogens is 326 g/mol. The molecule has 2 heterocycles. The van der Waals surface area contributed by atoms with Gasteiger partial charge in [-0.15, -0.1) is 0 Å². The number of methoxy groups -OCH3 is 1. The third-order valence-corrected chi connectivity index (χ3v) is 4.45. The highest BCUT2D eigenvalue weighted by molar-refractivity contribution is 6.00. The van der Waals surface area contributed by atoms with Crippen LogP contribution in [0.15, 0.2) is 65.3 Å². The number of rotatable bonds is 5. The first-order valence-corrected chi connectivity index (χ1v) is 8.46. The number of fused-ring (bicyclic) bond motifs is 1. The summed E-state index contributed by atoms with van der Waals surface area (Å²) in [4.78, 5) is 8.40. The van der Waals surface area contributed by atoms with Crippen LogP contribution in [0.2, 0.25) is 0 Å². The van der Waals surface area contributed by atoms with Gasteiger partial charge in [0.15, 0.2) is 0 Å². The lowest BCUT2D eigenvalue weighted by Crippen LogP contribution is -1.94. The number of furan rings is 1. The van der Waals surface area contributed by atoms with Crippen molar-refractivity contribution in [1.29, 1.82) is 0 Å². The molecule has 0 atom stereocenters. The third kappa shape index (κ3) is 2.99. The fourth-order valence-electron chi connectivity index (χ4n) is 3.14. The van der Waals surface area contributed by atoms with Gasteiger partial charge in [0.25, 0.3) is 0 Å². The van der Waals surface area contributed by atoms with Gasteiger partial charge < -0.3 is 14.9 Å². The minimum Gasteiger partial charge on any atom is -0.497 e. The second-order valence-electron chi connectivity index (χ2n) is 6.05. The molecule has 0 amide bonds. The molecule has 0 unspecified atom stereocenters. The van der Waals surface area contributed by atoms with Crippen molar-refractivity contribution in [3.8, 4) is 16.9 Å². The van der Waals surface area contributed by atoms with Gasteiger partial charge in [-0.3, -0.25) is 0 Å². The molecule has 0 radical (unpaired) electrons. The van der Waals surface area contributed by atoms with Crippen LogP contribution in [0.3, 0.4) is 0 Å². The molecule has 130 valence electrons. The number of nitrogen functional groups attached to an aromatic ring is 1. The van der Waals surface area contributed by atoms with E-state index >= 15 is 0 Å². The molecule has 0 spiro atoms. The van der Waals surface area contributed by atoms with E-state index in [-0.39, 0.29) is 0 Å². The van der Waals surface area contributed by atoms with E-state index in [0.29, 0.717) is 11.5 Å². The Kier molecular flexibility index (Phi) is 4.27. The number of hydrogen-bond acceptors (Lipinski definition) is 5. The van der Waals surface area contributed by atoms with Crippen molar-refractivity contribution in [2.45, 2.75) is 12.8 Å². The number of benzene rings is 2. The van der Waals surface area contributed by atoms with Crippen LogP contribution >= 0.6 is 0 Å². The van der Waals surface area contributed by atoms with E-state index in [1.165, 1.54) is 11.9 Å². The van der Waals surface area contributed by atoms with Crippen molar-refractivity contribution in [2.75, 3.05) is 12.8 Å². The van der Waals surface area contributed by atoms with Crippen LogP contribution in [0.5, 0.6) is 5.75 Å². The summed E-state index contributed by atoms with van der Waals surface area (Å²) in [6, 6.07) is 18.2. The fourth-order valence-corrected chi connectivity index (χ4v) is 3.14. The molecule has 5 nitrogen and oxygen atoms in total. The van der Waals surface area contributed by atoms with Gasteiger partial charge in [-0.1, -0.05) is 42.5 Å². The van der Waals surface area contributed by atoms with Crippen molar-refractivity contribution < 1.29 is 9.15 Å². The molecule has 0 aliphatic heterocycles. The maximum Gasteiger partial charge on any atom is 0.232 e. The molecule has 0 bridgehead atoms. The zero-order chi connectivity index (χ0) is 17.9. The summed E-state index contributed by atoms with van der Waals surface area (Å²) in [5.74, 6) is 2.09. The number of hydrogen-bond donors (Lipinski definition) is 1. The summed E-state index contributed by atoms with van der Waals surface area (Å²) in [5, 5.41) is 0.765. The fraction of sp³-hybridized carbons (Fsp3) is 0.143. The topological polar surface area (TPSA) is 74.2 Å². The van der Waals surface area contributed by atoms with Crippen LogP contribution in [0.4, 0.5) is 5.82 Å². The summed E-state index contributed by atoms with van der Waals surface area (Å²) in [7, 11) is 1.65. The van der Waals surface area contributed by atoms with E-state index < -0.39 is 0 Å². The van der Waals surface area contributed by atoms with Crippen molar-refractivity contribution in [3.63, 3.8) is 0 Å². The molecule has 5 heteroatoms. The van der Waals surface area contributed by atoms with Crippen molar-refractivity contribution in [1.82, 2.24) is 9.97 Å². The normalized spacial score (nSPS) is 11.0. The highest BCUT2D eigenvalue weighted by atomic mass is 16.5. The van der Waals surface area contributed by atoms with Gasteiger partial charge in [0.2, 0.25) is 5.71 Å². The Morgan fingerprint density at radius 2 is 1.73 bits per heavy atom. The second kappa shape index (κ2) is 6.88. The minimum atomic E-state index is 0.426. The molecule has 26 heavy (non-hydrogen) atoms. The first kappa shape index (κ1) is 16.1. The van der Waals surface area contributed by atoms with E-state index in [0.717, 1.165) is 40.9 Å². The quantitative estimate of drug-likeness (QED) is 0.585. The molecule has 4 aromatic rings. The average Bonchev–Trinajstić information content (AvgIpc) is 3.07. The van der Waals surface area contributed by atoms with Crippen LogP contribution in [-0.2, 0) is 12.8 Å².